The van der Waals surface area contributed by atoms with Gasteiger partial charge in [0.15, 0.2) is 0 Å². The first-order chi connectivity index (χ1) is 9.39. The van der Waals surface area contributed by atoms with Crippen molar-refractivity contribution in [2.24, 2.45) is 0 Å². The molecule has 0 aliphatic carbocycles. The summed E-state index contributed by atoms with van der Waals surface area (Å²) in [5, 5.41) is 1.85. The molecule has 6 heteroatoms. The fourth-order valence-electron chi connectivity index (χ4n) is 2.19. The van der Waals surface area contributed by atoms with Gasteiger partial charge in [0.1, 0.15) is 0 Å². The van der Waals surface area contributed by atoms with Crippen LogP contribution in [0.25, 0.3) is 0 Å². The molecule has 0 radical (unpaired) electrons. The maximum absolute atomic E-state index is 12.3. The first kappa shape index (κ1) is 15.0. The Hall–Kier alpha value is -1.40. The number of thiophene rings is 1. The van der Waals surface area contributed by atoms with E-state index in [-0.39, 0.29) is 24.0 Å². The number of ether oxygens (including phenoxy) is 1. The summed E-state index contributed by atoms with van der Waals surface area (Å²) < 4.78 is 5.58. The molecule has 0 aromatic carbocycles. The molecule has 0 N–H and O–H groups in total. The van der Waals surface area contributed by atoms with E-state index in [4.69, 9.17) is 4.74 Å². The van der Waals surface area contributed by atoms with Gasteiger partial charge in [-0.3, -0.25) is 9.59 Å². The molecule has 0 atom stereocenters. The van der Waals surface area contributed by atoms with E-state index < -0.39 is 0 Å². The van der Waals surface area contributed by atoms with E-state index in [1.807, 2.05) is 25.3 Å². The van der Waals surface area contributed by atoms with Crippen molar-refractivity contribution in [3.63, 3.8) is 0 Å². The number of nitrogens with zero attached hydrogens (tertiary/aromatic N) is 2. The zero-order valence-electron chi connectivity index (χ0n) is 12.1. The number of amides is 2. The molecule has 1 aliphatic rings. The lowest BCUT2D eigenvalue weighted by Gasteiger charge is -2.38. The number of carbonyl (C=O) groups is 2. The second-order valence-electron chi connectivity index (χ2n) is 5.56. The second-order valence-corrected chi connectivity index (χ2v) is 6.51. The van der Waals surface area contributed by atoms with Gasteiger partial charge in [-0.15, -0.1) is 11.3 Å². The van der Waals surface area contributed by atoms with E-state index in [2.05, 4.69) is 0 Å². The Bertz CT molecular complexity index is 485. The molecule has 110 valence electrons. The van der Waals surface area contributed by atoms with Gasteiger partial charge in [-0.2, -0.15) is 0 Å². The fraction of sp³-hybridized carbons (Fsp3) is 0.571. The summed E-state index contributed by atoms with van der Waals surface area (Å²) >= 11 is 1.39. The predicted octanol–water partition coefficient (Wildman–Crippen LogP) is 1.46. The highest BCUT2D eigenvalue weighted by Crippen LogP contribution is 2.17. The van der Waals surface area contributed by atoms with Crippen LogP contribution < -0.4 is 0 Å². The third-order valence-electron chi connectivity index (χ3n) is 3.23. The van der Waals surface area contributed by atoms with Crippen LogP contribution in [0.3, 0.4) is 0 Å². The fourth-order valence-corrected chi connectivity index (χ4v) is 2.91. The molecule has 0 unspecified atom stereocenters. The van der Waals surface area contributed by atoms with Crippen molar-refractivity contribution in [3.05, 3.63) is 22.4 Å². The average molecular weight is 296 g/mol. The van der Waals surface area contributed by atoms with Crippen LogP contribution in [0.1, 0.15) is 23.5 Å². The largest absolute Gasteiger partial charge is 0.372 e. The molecule has 2 rings (SSSR count). The van der Waals surface area contributed by atoms with Gasteiger partial charge in [0, 0.05) is 20.1 Å². The molecule has 20 heavy (non-hydrogen) atoms. The zero-order valence-corrected chi connectivity index (χ0v) is 12.9. The second kappa shape index (κ2) is 5.93. The lowest BCUT2D eigenvalue weighted by molar-refractivity contribution is -0.146. The van der Waals surface area contributed by atoms with Crippen LogP contribution in [0, 0.1) is 0 Å². The minimum atomic E-state index is -0.315. The topological polar surface area (TPSA) is 49.9 Å². The third kappa shape index (κ3) is 3.58. The monoisotopic (exact) mass is 296 g/mol. The average Bonchev–Trinajstić information content (AvgIpc) is 2.90. The molecule has 1 saturated heterocycles. The zero-order chi connectivity index (χ0) is 14.8. The minimum absolute atomic E-state index is 0.0335. The highest BCUT2D eigenvalue weighted by Gasteiger charge is 2.30. The quantitative estimate of drug-likeness (QED) is 0.848. The Labute approximate surface area is 123 Å². The lowest BCUT2D eigenvalue weighted by atomic mass is 10.1. The smallest absolute Gasteiger partial charge is 0.264 e. The molecule has 1 fully saturated rings. The van der Waals surface area contributed by atoms with E-state index in [9.17, 15) is 9.59 Å². The molecule has 1 aromatic rings. The maximum Gasteiger partial charge on any atom is 0.264 e. The Balaban J connectivity index is 1.92. The number of hydrogen-bond acceptors (Lipinski definition) is 4. The van der Waals surface area contributed by atoms with Crippen molar-refractivity contribution in [2.75, 3.05) is 33.3 Å². The Kier molecular flexibility index (Phi) is 4.45. The standard InChI is InChI=1S/C14H20N2O3S/c1-14(2)10-16(6-7-19-14)12(17)9-15(3)13(18)11-5-4-8-20-11/h4-5,8H,6-7,9-10H2,1-3H3. The first-order valence-corrected chi connectivity index (χ1v) is 7.48. The van der Waals surface area contributed by atoms with Crippen LogP contribution in [0.4, 0.5) is 0 Å². The van der Waals surface area contributed by atoms with E-state index in [1.54, 1.807) is 18.0 Å². The summed E-state index contributed by atoms with van der Waals surface area (Å²) in [6, 6.07) is 3.60. The first-order valence-electron chi connectivity index (χ1n) is 6.60. The van der Waals surface area contributed by atoms with E-state index in [1.165, 1.54) is 16.2 Å². The number of morpholine rings is 1. The molecule has 0 spiro atoms. The van der Waals surface area contributed by atoms with Crippen molar-refractivity contribution in [3.8, 4) is 0 Å². The van der Waals surface area contributed by atoms with E-state index >= 15 is 0 Å². The molecule has 0 bridgehead atoms. The molecule has 2 amide bonds. The molecule has 0 saturated carbocycles. The van der Waals surface area contributed by atoms with Crippen LogP contribution in [0.15, 0.2) is 17.5 Å². The van der Waals surface area contributed by atoms with Gasteiger partial charge in [0.05, 0.1) is 23.6 Å². The van der Waals surface area contributed by atoms with Crippen LogP contribution in [-0.2, 0) is 9.53 Å². The van der Waals surface area contributed by atoms with Gasteiger partial charge in [-0.25, -0.2) is 0 Å². The normalized spacial score (nSPS) is 17.9. The summed E-state index contributed by atoms with van der Waals surface area (Å²) in [6.45, 7) is 5.73. The van der Waals surface area contributed by atoms with Crippen molar-refractivity contribution >= 4 is 23.2 Å². The highest BCUT2D eigenvalue weighted by molar-refractivity contribution is 7.12. The SMILES string of the molecule is CN(CC(=O)N1CCOC(C)(C)C1)C(=O)c1cccs1. The van der Waals surface area contributed by atoms with Gasteiger partial charge < -0.3 is 14.5 Å². The van der Waals surface area contributed by atoms with Gasteiger partial charge in [-0.1, -0.05) is 6.07 Å². The third-order valence-corrected chi connectivity index (χ3v) is 4.09. The van der Waals surface area contributed by atoms with Crippen molar-refractivity contribution in [1.29, 1.82) is 0 Å². The van der Waals surface area contributed by atoms with Gasteiger partial charge in [0.2, 0.25) is 5.91 Å². The van der Waals surface area contributed by atoms with E-state index in [0.717, 1.165) is 0 Å². The van der Waals surface area contributed by atoms with Gasteiger partial charge in [-0.05, 0) is 25.3 Å². The lowest BCUT2D eigenvalue weighted by Crippen LogP contribution is -2.53. The summed E-state index contributed by atoms with van der Waals surface area (Å²) in [5.41, 5.74) is -0.315. The van der Waals surface area contributed by atoms with Crippen LogP contribution in [0.2, 0.25) is 0 Å². The number of carbonyl (C=O) groups excluding carboxylic acids is 2. The molecule has 2 heterocycles. The summed E-state index contributed by atoms with van der Waals surface area (Å²) in [5.74, 6) is -0.144. The molecular weight excluding hydrogens is 276 g/mol. The molecular formula is C14H20N2O3S. The Morgan fingerprint density at radius 3 is 2.85 bits per heavy atom. The molecule has 5 nitrogen and oxygen atoms in total. The Morgan fingerprint density at radius 2 is 2.25 bits per heavy atom. The predicted molar refractivity (Wildman–Crippen MR) is 77.9 cm³/mol. The van der Waals surface area contributed by atoms with Crippen LogP contribution in [0.5, 0.6) is 0 Å². The summed E-state index contributed by atoms with van der Waals surface area (Å²) in [6.07, 6.45) is 0. The Morgan fingerprint density at radius 1 is 1.50 bits per heavy atom. The number of likely N-dealkylation sites (N-methyl/N-ethyl adjacent to an activating group) is 1. The van der Waals surface area contributed by atoms with E-state index in [0.29, 0.717) is 24.6 Å². The van der Waals surface area contributed by atoms with Crippen LogP contribution >= 0.6 is 11.3 Å². The summed E-state index contributed by atoms with van der Waals surface area (Å²) in [4.78, 5) is 28.2. The van der Waals surface area contributed by atoms with Crippen molar-refractivity contribution < 1.29 is 14.3 Å². The van der Waals surface area contributed by atoms with Crippen LogP contribution in [-0.4, -0.2) is 60.5 Å². The maximum atomic E-state index is 12.3. The molecule has 1 aliphatic heterocycles. The minimum Gasteiger partial charge on any atom is -0.372 e. The number of hydrogen-bond donors (Lipinski definition) is 0. The molecule has 1 aromatic heterocycles. The van der Waals surface area contributed by atoms with Gasteiger partial charge >= 0.3 is 0 Å². The van der Waals surface area contributed by atoms with Crippen molar-refractivity contribution in [1.82, 2.24) is 9.80 Å². The summed E-state index contributed by atoms with van der Waals surface area (Å²) in [7, 11) is 1.66. The van der Waals surface area contributed by atoms with Crippen molar-refractivity contribution in [2.45, 2.75) is 19.4 Å². The number of rotatable bonds is 3. The highest BCUT2D eigenvalue weighted by atomic mass is 32.1. The van der Waals surface area contributed by atoms with Gasteiger partial charge in [0.25, 0.3) is 5.91 Å².